The third kappa shape index (κ3) is 5.94. The van der Waals surface area contributed by atoms with Crippen LogP contribution in [0.2, 0.25) is 0 Å². The summed E-state index contributed by atoms with van der Waals surface area (Å²) in [7, 11) is 1.66. The maximum atomic E-state index is 12.1. The molecule has 0 bridgehead atoms. The number of hydrogen-bond acceptors (Lipinski definition) is 5. The molecule has 0 aromatic rings. The molecule has 0 radical (unpaired) electrons. The molecule has 0 aromatic heterocycles. The Hall–Kier alpha value is -1.59. The highest BCUT2D eigenvalue weighted by molar-refractivity contribution is 14.0. The van der Waals surface area contributed by atoms with E-state index in [1.807, 2.05) is 25.7 Å². The first kappa shape index (κ1) is 23.4. The number of likely N-dealkylation sites (tertiary alicyclic amines) is 1. The average molecular weight is 495 g/mol. The van der Waals surface area contributed by atoms with E-state index in [2.05, 4.69) is 20.9 Å². The molecule has 1 atom stereocenters. The minimum absolute atomic E-state index is 0. The molecule has 0 saturated carbocycles. The van der Waals surface area contributed by atoms with Gasteiger partial charge in [-0.25, -0.2) is 4.79 Å². The van der Waals surface area contributed by atoms with Crippen LogP contribution in [0, 0.1) is 5.92 Å². The average Bonchev–Trinajstić information content (AvgIpc) is 2.80. The molecule has 1 unspecified atom stereocenters. The van der Waals surface area contributed by atoms with Gasteiger partial charge < -0.3 is 20.3 Å². The van der Waals surface area contributed by atoms with Gasteiger partial charge in [0.25, 0.3) is 5.91 Å². The molecule has 3 amide bonds. The highest BCUT2D eigenvalue weighted by Gasteiger charge is 2.48. The molecule has 3 N–H and O–H groups in total. The van der Waals surface area contributed by atoms with Crippen molar-refractivity contribution >= 4 is 47.8 Å². The van der Waals surface area contributed by atoms with E-state index < -0.39 is 17.2 Å². The van der Waals surface area contributed by atoms with Crippen molar-refractivity contribution in [3.05, 3.63) is 0 Å². The Balaban J connectivity index is 0.00000364. The quantitative estimate of drug-likeness (QED) is 0.176. The number of imide groups is 1. The Kier molecular flexibility index (Phi) is 7.87. The summed E-state index contributed by atoms with van der Waals surface area (Å²) in [6, 6.07) is -0.435. The van der Waals surface area contributed by atoms with Gasteiger partial charge in [-0.2, -0.15) is 0 Å². The fourth-order valence-electron chi connectivity index (χ4n) is 3.37. The second kappa shape index (κ2) is 9.07. The molecule has 0 aromatic carbocycles. The number of nitrogens with one attached hydrogen (secondary N) is 3. The number of halogens is 1. The van der Waals surface area contributed by atoms with E-state index in [1.165, 1.54) is 0 Å². The first-order valence-corrected chi connectivity index (χ1v) is 8.86. The molecule has 0 spiro atoms. The van der Waals surface area contributed by atoms with Crippen molar-refractivity contribution in [1.82, 2.24) is 20.9 Å². The first-order valence-electron chi connectivity index (χ1n) is 8.86. The molecule has 2 rings (SSSR count). The van der Waals surface area contributed by atoms with E-state index in [0.717, 1.165) is 12.8 Å². The van der Waals surface area contributed by atoms with Crippen LogP contribution in [0.3, 0.4) is 0 Å². The molecule has 0 aliphatic carbocycles. The topological polar surface area (TPSA) is 112 Å². The lowest BCUT2D eigenvalue weighted by atomic mass is 9.79. The summed E-state index contributed by atoms with van der Waals surface area (Å²) >= 11 is 0. The molecule has 9 nitrogen and oxygen atoms in total. The second-order valence-corrected chi connectivity index (χ2v) is 7.86. The number of esters is 1. The van der Waals surface area contributed by atoms with Crippen molar-refractivity contribution in [2.45, 2.75) is 51.7 Å². The van der Waals surface area contributed by atoms with Crippen molar-refractivity contribution in [2.75, 3.05) is 26.7 Å². The maximum absolute atomic E-state index is 12.1. The van der Waals surface area contributed by atoms with Gasteiger partial charge in [-0.15, -0.1) is 24.0 Å². The highest BCUT2D eigenvalue weighted by Crippen LogP contribution is 2.30. The Morgan fingerprint density at radius 2 is 1.93 bits per heavy atom. The van der Waals surface area contributed by atoms with Crippen molar-refractivity contribution in [3.8, 4) is 0 Å². The van der Waals surface area contributed by atoms with Crippen LogP contribution in [-0.2, 0) is 14.3 Å². The van der Waals surface area contributed by atoms with Gasteiger partial charge in [0.2, 0.25) is 0 Å². The summed E-state index contributed by atoms with van der Waals surface area (Å²) in [5.41, 5.74) is -1.39. The van der Waals surface area contributed by atoms with Crippen LogP contribution in [0.5, 0.6) is 0 Å². The molecule has 2 aliphatic rings. The third-order valence-electron chi connectivity index (χ3n) is 4.71. The maximum Gasteiger partial charge on any atom is 0.325 e. The molecule has 10 heteroatoms. The monoisotopic (exact) mass is 495 g/mol. The SMILES string of the molecule is CN=C(NCC(=O)OC(C)(C)C)N1CCC(C2(C)NC(=O)NC2=O)CC1.I. The fourth-order valence-corrected chi connectivity index (χ4v) is 3.37. The number of guanidine groups is 1. The highest BCUT2D eigenvalue weighted by atomic mass is 127. The second-order valence-electron chi connectivity index (χ2n) is 7.86. The van der Waals surface area contributed by atoms with Gasteiger partial charge in [0.1, 0.15) is 17.7 Å². The fraction of sp³-hybridized carbons (Fsp3) is 0.765. The van der Waals surface area contributed by atoms with E-state index in [1.54, 1.807) is 14.0 Å². The van der Waals surface area contributed by atoms with Gasteiger partial charge in [-0.3, -0.25) is 19.9 Å². The molecule has 2 heterocycles. The van der Waals surface area contributed by atoms with Crippen molar-refractivity contribution in [3.63, 3.8) is 0 Å². The third-order valence-corrected chi connectivity index (χ3v) is 4.71. The predicted octanol–water partition coefficient (Wildman–Crippen LogP) is 0.832. The number of carbonyl (C=O) groups excluding carboxylic acids is 3. The Labute approximate surface area is 177 Å². The number of nitrogens with zero attached hydrogens (tertiary/aromatic N) is 2. The number of urea groups is 1. The number of carbonyl (C=O) groups is 3. The summed E-state index contributed by atoms with van der Waals surface area (Å²) in [4.78, 5) is 41.6. The molecule has 2 aliphatic heterocycles. The number of aliphatic imine (C=N–C) groups is 1. The Morgan fingerprint density at radius 1 is 1.33 bits per heavy atom. The summed E-state index contributed by atoms with van der Waals surface area (Å²) in [5.74, 6) is 0.0632. The number of rotatable bonds is 3. The molecule has 27 heavy (non-hydrogen) atoms. The zero-order valence-corrected chi connectivity index (χ0v) is 18.9. The molecular weight excluding hydrogens is 465 g/mol. The van der Waals surface area contributed by atoms with E-state index in [4.69, 9.17) is 4.74 Å². The zero-order chi connectivity index (χ0) is 19.5. The standard InChI is InChI=1S/C17H29N5O4.HI/c1-16(2,3)26-12(23)10-19-14(18-5)22-8-6-11(7-9-22)17(4)13(24)20-15(25)21-17;/h11H,6-10H2,1-5H3,(H,18,19)(H2,20,21,24,25);1H. The van der Waals surface area contributed by atoms with Crippen LogP contribution in [-0.4, -0.2) is 66.6 Å². The van der Waals surface area contributed by atoms with Gasteiger partial charge in [0.15, 0.2) is 5.96 Å². The minimum atomic E-state index is -0.864. The number of hydrogen-bond donors (Lipinski definition) is 3. The number of piperidine rings is 1. The zero-order valence-electron chi connectivity index (χ0n) is 16.5. The van der Waals surface area contributed by atoms with Gasteiger partial charge >= 0.3 is 12.0 Å². The van der Waals surface area contributed by atoms with Crippen LogP contribution >= 0.6 is 24.0 Å². The molecule has 154 valence electrons. The van der Waals surface area contributed by atoms with Crippen LogP contribution < -0.4 is 16.0 Å². The number of amides is 3. The van der Waals surface area contributed by atoms with Crippen LogP contribution in [0.1, 0.15) is 40.5 Å². The van der Waals surface area contributed by atoms with Crippen molar-refractivity contribution in [2.24, 2.45) is 10.9 Å². The van der Waals surface area contributed by atoms with Gasteiger partial charge in [-0.05, 0) is 46.5 Å². The minimum Gasteiger partial charge on any atom is -0.459 e. The lowest BCUT2D eigenvalue weighted by Gasteiger charge is -2.39. The van der Waals surface area contributed by atoms with E-state index in [9.17, 15) is 14.4 Å². The van der Waals surface area contributed by atoms with Crippen LogP contribution in [0.25, 0.3) is 0 Å². The van der Waals surface area contributed by atoms with E-state index in [0.29, 0.717) is 19.0 Å². The van der Waals surface area contributed by atoms with Crippen molar-refractivity contribution in [1.29, 1.82) is 0 Å². The number of ether oxygens (including phenoxy) is 1. The Morgan fingerprint density at radius 3 is 2.37 bits per heavy atom. The molecule has 2 fully saturated rings. The largest absolute Gasteiger partial charge is 0.459 e. The van der Waals surface area contributed by atoms with E-state index in [-0.39, 0.29) is 48.3 Å². The van der Waals surface area contributed by atoms with Crippen LogP contribution in [0.15, 0.2) is 4.99 Å². The Bertz CT molecular complexity index is 611. The van der Waals surface area contributed by atoms with Crippen molar-refractivity contribution < 1.29 is 19.1 Å². The van der Waals surface area contributed by atoms with Gasteiger partial charge in [-0.1, -0.05) is 0 Å². The smallest absolute Gasteiger partial charge is 0.325 e. The summed E-state index contributed by atoms with van der Waals surface area (Å²) in [6.07, 6.45) is 1.47. The van der Waals surface area contributed by atoms with E-state index >= 15 is 0 Å². The lowest BCUT2D eigenvalue weighted by Crippen LogP contribution is -2.55. The van der Waals surface area contributed by atoms with Gasteiger partial charge in [0, 0.05) is 20.1 Å². The van der Waals surface area contributed by atoms with Crippen LogP contribution in [0.4, 0.5) is 4.79 Å². The molecule has 2 saturated heterocycles. The summed E-state index contributed by atoms with van der Waals surface area (Å²) in [5, 5.41) is 8.08. The van der Waals surface area contributed by atoms with Gasteiger partial charge in [0.05, 0.1) is 0 Å². The summed E-state index contributed by atoms with van der Waals surface area (Å²) < 4.78 is 5.28. The molecular formula is C17H30IN5O4. The normalized spacial score (nSPS) is 24.0. The predicted molar refractivity (Wildman–Crippen MR) is 112 cm³/mol. The summed E-state index contributed by atoms with van der Waals surface area (Å²) in [6.45, 7) is 8.63. The lowest BCUT2D eigenvalue weighted by molar-refractivity contribution is -0.153. The first-order chi connectivity index (χ1) is 12.0.